The molecule has 1 aromatic rings. The summed E-state index contributed by atoms with van der Waals surface area (Å²) in [6, 6.07) is 2.35. The fourth-order valence-electron chi connectivity index (χ4n) is 3.16. The Hall–Kier alpha value is -2.16. The van der Waals surface area contributed by atoms with Crippen molar-refractivity contribution in [3.63, 3.8) is 0 Å². The lowest BCUT2D eigenvalue weighted by molar-refractivity contribution is -0.136. The van der Waals surface area contributed by atoms with Crippen molar-refractivity contribution >= 4 is 11.7 Å². The Morgan fingerprint density at radius 3 is 2.57 bits per heavy atom. The fraction of sp³-hybridized carbons (Fsp3) is 0.600. The van der Waals surface area contributed by atoms with Crippen molar-refractivity contribution in [1.29, 1.82) is 5.26 Å². The molecular formula is C15H19N5O. The van der Waals surface area contributed by atoms with Gasteiger partial charge in [-0.25, -0.2) is 9.97 Å². The SMILES string of the molecule is N#Cc1cnc(N2CCC(N3CCCCC3=O)CC2)cn1. The molecule has 0 radical (unpaired) electrons. The summed E-state index contributed by atoms with van der Waals surface area (Å²) in [5.41, 5.74) is 0.340. The summed E-state index contributed by atoms with van der Waals surface area (Å²) in [6.07, 6.45) is 8.00. The van der Waals surface area contributed by atoms with Gasteiger partial charge in [0.1, 0.15) is 11.9 Å². The highest BCUT2D eigenvalue weighted by Gasteiger charge is 2.29. The minimum absolute atomic E-state index is 0.317. The van der Waals surface area contributed by atoms with Crippen molar-refractivity contribution in [3.8, 4) is 6.07 Å². The fourth-order valence-corrected chi connectivity index (χ4v) is 3.16. The van der Waals surface area contributed by atoms with Gasteiger partial charge in [-0.2, -0.15) is 5.26 Å². The van der Waals surface area contributed by atoms with Crippen LogP contribution in [-0.4, -0.2) is 46.5 Å². The molecule has 2 aliphatic heterocycles. The topological polar surface area (TPSA) is 73.1 Å². The van der Waals surface area contributed by atoms with Crippen LogP contribution in [0, 0.1) is 11.3 Å². The number of carbonyl (C=O) groups excluding carboxylic acids is 1. The van der Waals surface area contributed by atoms with E-state index in [1.807, 2.05) is 6.07 Å². The minimum atomic E-state index is 0.317. The number of carbonyl (C=O) groups is 1. The molecule has 2 fully saturated rings. The van der Waals surface area contributed by atoms with Crippen LogP contribution in [0.5, 0.6) is 0 Å². The number of hydrogen-bond acceptors (Lipinski definition) is 5. The molecule has 6 nitrogen and oxygen atoms in total. The van der Waals surface area contributed by atoms with Crippen molar-refractivity contribution < 1.29 is 4.79 Å². The molecule has 2 saturated heterocycles. The van der Waals surface area contributed by atoms with Crippen LogP contribution in [0.1, 0.15) is 37.8 Å². The van der Waals surface area contributed by atoms with Gasteiger partial charge in [-0.3, -0.25) is 4.79 Å². The Morgan fingerprint density at radius 1 is 1.14 bits per heavy atom. The van der Waals surface area contributed by atoms with Crippen molar-refractivity contribution in [2.75, 3.05) is 24.5 Å². The summed E-state index contributed by atoms with van der Waals surface area (Å²) in [5.74, 6) is 1.13. The first-order valence-corrected chi connectivity index (χ1v) is 7.54. The van der Waals surface area contributed by atoms with Gasteiger partial charge >= 0.3 is 0 Å². The molecule has 0 aromatic carbocycles. The van der Waals surface area contributed by atoms with Gasteiger partial charge in [0.25, 0.3) is 0 Å². The van der Waals surface area contributed by atoms with Gasteiger partial charge in [-0.1, -0.05) is 0 Å². The number of rotatable bonds is 2. The molecule has 3 heterocycles. The largest absolute Gasteiger partial charge is 0.355 e. The number of anilines is 1. The van der Waals surface area contributed by atoms with E-state index in [0.717, 1.165) is 51.1 Å². The smallest absolute Gasteiger partial charge is 0.222 e. The molecule has 0 unspecified atom stereocenters. The molecule has 2 aliphatic rings. The van der Waals surface area contributed by atoms with Gasteiger partial charge in [0.2, 0.25) is 5.91 Å². The number of nitrogens with zero attached hydrogens (tertiary/aromatic N) is 5. The summed E-state index contributed by atoms with van der Waals surface area (Å²) in [4.78, 5) is 24.6. The number of likely N-dealkylation sites (tertiary alicyclic amines) is 1. The molecule has 1 aromatic heterocycles. The molecular weight excluding hydrogens is 266 g/mol. The highest BCUT2D eigenvalue weighted by Crippen LogP contribution is 2.23. The van der Waals surface area contributed by atoms with Crippen LogP contribution in [0.15, 0.2) is 12.4 Å². The van der Waals surface area contributed by atoms with E-state index in [1.165, 1.54) is 6.20 Å². The average molecular weight is 285 g/mol. The molecule has 0 saturated carbocycles. The third-order valence-electron chi connectivity index (χ3n) is 4.34. The Morgan fingerprint density at radius 2 is 1.95 bits per heavy atom. The number of piperidine rings is 2. The third kappa shape index (κ3) is 2.97. The zero-order chi connectivity index (χ0) is 14.7. The standard InChI is InChI=1S/C15H19N5O/c16-9-12-10-18-14(11-17-12)19-7-4-13(5-8-19)20-6-2-1-3-15(20)21/h10-11,13H,1-8H2. The number of aromatic nitrogens is 2. The van der Waals surface area contributed by atoms with Crippen LogP contribution in [0.2, 0.25) is 0 Å². The summed E-state index contributed by atoms with van der Waals surface area (Å²) < 4.78 is 0. The molecule has 1 amide bonds. The van der Waals surface area contributed by atoms with E-state index in [9.17, 15) is 4.79 Å². The highest BCUT2D eigenvalue weighted by atomic mass is 16.2. The van der Waals surface area contributed by atoms with Gasteiger partial charge in [-0.15, -0.1) is 0 Å². The number of nitriles is 1. The predicted octanol–water partition coefficient (Wildman–Crippen LogP) is 1.33. The maximum Gasteiger partial charge on any atom is 0.222 e. The van der Waals surface area contributed by atoms with Gasteiger partial charge in [0, 0.05) is 32.1 Å². The first-order valence-electron chi connectivity index (χ1n) is 7.54. The van der Waals surface area contributed by atoms with Crippen molar-refractivity contribution in [3.05, 3.63) is 18.1 Å². The van der Waals surface area contributed by atoms with E-state index >= 15 is 0 Å². The molecule has 3 rings (SSSR count). The normalized spacial score (nSPS) is 20.4. The van der Waals surface area contributed by atoms with E-state index in [-0.39, 0.29) is 0 Å². The Balaban J connectivity index is 1.59. The van der Waals surface area contributed by atoms with Gasteiger partial charge in [0.15, 0.2) is 5.69 Å². The van der Waals surface area contributed by atoms with Gasteiger partial charge in [-0.05, 0) is 25.7 Å². The number of hydrogen-bond donors (Lipinski definition) is 0. The zero-order valence-electron chi connectivity index (χ0n) is 12.0. The minimum Gasteiger partial charge on any atom is -0.355 e. The van der Waals surface area contributed by atoms with Crippen LogP contribution in [0.3, 0.4) is 0 Å². The molecule has 0 aliphatic carbocycles. The van der Waals surface area contributed by atoms with Crippen molar-refractivity contribution in [2.24, 2.45) is 0 Å². The molecule has 0 bridgehead atoms. The first-order chi connectivity index (χ1) is 10.3. The lowest BCUT2D eigenvalue weighted by Crippen LogP contribution is -2.49. The molecule has 0 atom stereocenters. The quantitative estimate of drug-likeness (QED) is 0.819. The van der Waals surface area contributed by atoms with Crippen LogP contribution < -0.4 is 4.90 Å². The van der Waals surface area contributed by atoms with Crippen molar-refractivity contribution in [2.45, 2.75) is 38.1 Å². The summed E-state index contributed by atoms with van der Waals surface area (Å²) in [6.45, 7) is 2.68. The maximum absolute atomic E-state index is 12.0. The zero-order valence-corrected chi connectivity index (χ0v) is 12.0. The second-order valence-corrected chi connectivity index (χ2v) is 5.63. The van der Waals surface area contributed by atoms with Crippen LogP contribution in [0.4, 0.5) is 5.82 Å². The first kappa shape index (κ1) is 13.8. The van der Waals surface area contributed by atoms with Crippen LogP contribution in [0.25, 0.3) is 0 Å². The Bertz CT molecular complexity index is 542. The van der Waals surface area contributed by atoms with Gasteiger partial charge < -0.3 is 9.80 Å². The van der Waals surface area contributed by atoms with E-state index in [4.69, 9.17) is 5.26 Å². The van der Waals surface area contributed by atoms with Crippen LogP contribution in [-0.2, 0) is 4.79 Å². The highest BCUT2D eigenvalue weighted by molar-refractivity contribution is 5.77. The second-order valence-electron chi connectivity index (χ2n) is 5.63. The molecule has 110 valence electrons. The Kier molecular flexibility index (Phi) is 4.00. The number of amides is 1. The van der Waals surface area contributed by atoms with E-state index < -0.39 is 0 Å². The summed E-state index contributed by atoms with van der Waals surface area (Å²) in [5, 5.41) is 8.74. The summed E-state index contributed by atoms with van der Waals surface area (Å²) >= 11 is 0. The van der Waals surface area contributed by atoms with Crippen molar-refractivity contribution in [1.82, 2.24) is 14.9 Å². The average Bonchev–Trinajstić information content (AvgIpc) is 2.56. The van der Waals surface area contributed by atoms with Crippen LogP contribution >= 0.6 is 0 Å². The van der Waals surface area contributed by atoms with Gasteiger partial charge in [0.05, 0.1) is 12.4 Å². The molecule has 0 spiro atoms. The predicted molar refractivity (Wildman–Crippen MR) is 77.5 cm³/mol. The molecule has 21 heavy (non-hydrogen) atoms. The Labute approximate surface area is 124 Å². The monoisotopic (exact) mass is 285 g/mol. The molecule has 0 N–H and O–H groups in total. The lowest BCUT2D eigenvalue weighted by Gasteiger charge is -2.40. The lowest BCUT2D eigenvalue weighted by atomic mass is 9.99. The van der Waals surface area contributed by atoms with E-state index in [2.05, 4.69) is 19.8 Å². The van der Waals surface area contributed by atoms with E-state index in [0.29, 0.717) is 24.1 Å². The van der Waals surface area contributed by atoms with E-state index in [1.54, 1.807) is 6.20 Å². The molecule has 6 heteroatoms. The maximum atomic E-state index is 12.0. The third-order valence-corrected chi connectivity index (χ3v) is 4.34. The summed E-state index contributed by atoms with van der Waals surface area (Å²) in [7, 11) is 0. The second kappa shape index (κ2) is 6.08.